The summed E-state index contributed by atoms with van der Waals surface area (Å²) in [6, 6.07) is 2.63. The van der Waals surface area contributed by atoms with E-state index in [2.05, 4.69) is 31.4 Å². The summed E-state index contributed by atoms with van der Waals surface area (Å²) in [7, 11) is 0. The van der Waals surface area contributed by atoms with Crippen LogP contribution >= 0.6 is 15.9 Å². The Kier molecular flexibility index (Phi) is 3.37. The summed E-state index contributed by atoms with van der Waals surface area (Å²) in [6.07, 6.45) is 0. The first-order valence-corrected chi connectivity index (χ1v) is 5.64. The van der Waals surface area contributed by atoms with Crippen molar-refractivity contribution in [3.8, 4) is 11.4 Å². The van der Waals surface area contributed by atoms with Crippen molar-refractivity contribution in [3.05, 3.63) is 28.2 Å². The van der Waals surface area contributed by atoms with Crippen molar-refractivity contribution in [2.24, 2.45) is 0 Å². The molecule has 0 aliphatic heterocycles. The molecule has 1 N–H and O–H groups in total. The Hall–Kier alpha value is -1.50. The fraction of sp³-hybridized carbons (Fsp3) is 0.200. The van der Waals surface area contributed by atoms with Gasteiger partial charge in [0, 0.05) is 12.1 Å². The second-order valence-electron chi connectivity index (χ2n) is 3.18. The SMILES string of the molecule is CCNc1nc(-c2ccc(F)c(F)c2Br)no1. The lowest BCUT2D eigenvalue weighted by atomic mass is 10.2. The van der Waals surface area contributed by atoms with Gasteiger partial charge in [0.25, 0.3) is 0 Å². The van der Waals surface area contributed by atoms with Gasteiger partial charge in [0.15, 0.2) is 11.6 Å². The standard InChI is InChI=1S/C10H8BrF2N3O/c1-2-14-10-15-9(16-17-10)5-3-4-6(12)8(13)7(5)11/h3-4H,2H2,1H3,(H,14,15,16). The first-order chi connectivity index (χ1) is 8.13. The number of rotatable bonds is 3. The number of hydrogen-bond donors (Lipinski definition) is 1. The summed E-state index contributed by atoms with van der Waals surface area (Å²) in [5.41, 5.74) is 0.330. The van der Waals surface area contributed by atoms with Crippen molar-refractivity contribution in [2.75, 3.05) is 11.9 Å². The maximum Gasteiger partial charge on any atom is 0.321 e. The number of halogens is 3. The molecule has 2 aromatic rings. The van der Waals surface area contributed by atoms with Crippen LogP contribution in [-0.2, 0) is 0 Å². The molecular formula is C10H8BrF2N3O. The molecule has 0 aliphatic rings. The van der Waals surface area contributed by atoms with Crippen molar-refractivity contribution in [2.45, 2.75) is 6.92 Å². The van der Waals surface area contributed by atoms with Crippen LogP contribution in [0.1, 0.15) is 6.92 Å². The van der Waals surface area contributed by atoms with Crippen LogP contribution in [0.4, 0.5) is 14.8 Å². The summed E-state index contributed by atoms with van der Waals surface area (Å²) >= 11 is 2.96. The number of aromatic nitrogens is 2. The van der Waals surface area contributed by atoms with Gasteiger partial charge in [-0.1, -0.05) is 5.16 Å². The van der Waals surface area contributed by atoms with E-state index < -0.39 is 11.6 Å². The summed E-state index contributed by atoms with van der Waals surface area (Å²) in [4.78, 5) is 3.99. The van der Waals surface area contributed by atoms with Crippen LogP contribution in [0.2, 0.25) is 0 Å². The average Bonchev–Trinajstić information content (AvgIpc) is 2.75. The molecule has 0 atom stereocenters. The number of hydrogen-bond acceptors (Lipinski definition) is 4. The van der Waals surface area contributed by atoms with Crippen LogP contribution < -0.4 is 5.32 Å². The van der Waals surface area contributed by atoms with E-state index in [9.17, 15) is 8.78 Å². The van der Waals surface area contributed by atoms with Gasteiger partial charge in [-0.25, -0.2) is 8.78 Å². The molecule has 0 amide bonds. The molecule has 0 bridgehead atoms. The van der Waals surface area contributed by atoms with Gasteiger partial charge >= 0.3 is 6.01 Å². The molecule has 0 radical (unpaired) electrons. The first kappa shape index (κ1) is 12.0. The largest absolute Gasteiger partial charge is 0.338 e. The predicted molar refractivity (Wildman–Crippen MR) is 61.5 cm³/mol. The van der Waals surface area contributed by atoms with Crippen molar-refractivity contribution in [1.82, 2.24) is 10.1 Å². The number of nitrogens with zero attached hydrogens (tertiary/aromatic N) is 2. The summed E-state index contributed by atoms with van der Waals surface area (Å²) in [5, 5.41) is 6.49. The van der Waals surface area contributed by atoms with E-state index in [1.54, 1.807) is 0 Å². The number of benzene rings is 1. The van der Waals surface area contributed by atoms with Gasteiger partial charge in [0.05, 0.1) is 4.47 Å². The van der Waals surface area contributed by atoms with Crippen LogP contribution in [-0.4, -0.2) is 16.7 Å². The second-order valence-corrected chi connectivity index (χ2v) is 3.97. The van der Waals surface area contributed by atoms with Crippen molar-refractivity contribution in [1.29, 1.82) is 0 Å². The molecule has 0 fully saturated rings. The highest BCUT2D eigenvalue weighted by Gasteiger charge is 2.16. The Bertz CT molecular complexity index is 544. The Morgan fingerprint density at radius 3 is 2.88 bits per heavy atom. The van der Waals surface area contributed by atoms with Gasteiger partial charge in [-0.15, -0.1) is 0 Å². The molecule has 0 aliphatic carbocycles. The number of nitrogens with one attached hydrogen (secondary N) is 1. The maximum atomic E-state index is 13.3. The third-order valence-electron chi connectivity index (χ3n) is 2.03. The third-order valence-corrected chi connectivity index (χ3v) is 2.81. The molecule has 17 heavy (non-hydrogen) atoms. The molecule has 0 saturated carbocycles. The topological polar surface area (TPSA) is 51.0 Å². The van der Waals surface area contributed by atoms with E-state index in [0.29, 0.717) is 12.1 Å². The van der Waals surface area contributed by atoms with Gasteiger partial charge < -0.3 is 9.84 Å². The van der Waals surface area contributed by atoms with Gasteiger partial charge in [-0.2, -0.15) is 4.98 Å². The fourth-order valence-corrected chi connectivity index (χ4v) is 1.75. The lowest BCUT2D eigenvalue weighted by Gasteiger charge is -2.00. The third kappa shape index (κ3) is 2.28. The predicted octanol–water partition coefficient (Wildman–Crippen LogP) is 3.21. The van der Waals surface area contributed by atoms with E-state index in [1.807, 2.05) is 6.92 Å². The highest BCUT2D eigenvalue weighted by molar-refractivity contribution is 9.10. The first-order valence-electron chi connectivity index (χ1n) is 4.85. The molecule has 2 rings (SSSR count). The highest BCUT2D eigenvalue weighted by atomic mass is 79.9. The van der Waals surface area contributed by atoms with Crippen molar-refractivity contribution in [3.63, 3.8) is 0 Å². The van der Waals surface area contributed by atoms with Crippen LogP contribution in [0, 0.1) is 11.6 Å². The van der Waals surface area contributed by atoms with Crippen LogP contribution in [0.25, 0.3) is 11.4 Å². The smallest absolute Gasteiger partial charge is 0.321 e. The van der Waals surface area contributed by atoms with Gasteiger partial charge in [0.1, 0.15) is 0 Å². The molecular weight excluding hydrogens is 296 g/mol. The molecule has 1 aromatic carbocycles. The zero-order valence-electron chi connectivity index (χ0n) is 8.80. The Labute approximate surface area is 104 Å². The average molecular weight is 304 g/mol. The summed E-state index contributed by atoms with van der Waals surface area (Å²) in [6.45, 7) is 2.50. The van der Waals surface area contributed by atoms with Crippen molar-refractivity contribution < 1.29 is 13.3 Å². The molecule has 7 heteroatoms. The monoisotopic (exact) mass is 303 g/mol. The van der Waals surface area contributed by atoms with Crippen LogP contribution in [0.5, 0.6) is 0 Å². The van der Waals surface area contributed by atoms with Gasteiger partial charge in [0.2, 0.25) is 5.82 Å². The Morgan fingerprint density at radius 2 is 2.18 bits per heavy atom. The van der Waals surface area contributed by atoms with Gasteiger partial charge in [-0.3, -0.25) is 0 Å². The Morgan fingerprint density at radius 1 is 1.41 bits per heavy atom. The van der Waals surface area contributed by atoms with Crippen LogP contribution in [0.15, 0.2) is 21.1 Å². The summed E-state index contributed by atoms with van der Waals surface area (Å²) < 4.78 is 31.1. The zero-order valence-corrected chi connectivity index (χ0v) is 10.4. The molecule has 0 saturated heterocycles. The van der Waals surface area contributed by atoms with Crippen molar-refractivity contribution >= 4 is 21.9 Å². The minimum Gasteiger partial charge on any atom is -0.338 e. The molecule has 0 unspecified atom stereocenters. The second kappa shape index (κ2) is 4.79. The Balaban J connectivity index is 2.42. The molecule has 4 nitrogen and oxygen atoms in total. The lowest BCUT2D eigenvalue weighted by molar-refractivity contribution is 0.432. The fourth-order valence-electron chi connectivity index (χ4n) is 1.25. The van der Waals surface area contributed by atoms with E-state index in [-0.39, 0.29) is 16.3 Å². The highest BCUT2D eigenvalue weighted by Crippen LogP contribution is 2.30. The molecule has 0 spiro atoms. The molecule has 1 heterocycles. The summed E-state index contributed by atoms with van der Waals surface area (Å²) in [5.74, 6) is -1.72. The minimum absolute atomic E-state index is 0.0265. The van der Waals surface area contributed by atoms with E-state index >= 15 is 0 Å². The normalized spacial score (nSPS) is 10.6. The van der Waals surface area contributed by atoms with Crippen LogP contribution in [0.3, 0.4) is 0 Å². The molecule has 90 valence electrons. The number of anilines is 1. The molecule has 1 aromatic heterocycles. The van der Waals surface area contributed by atoms with Gasteiger partial charge in [-0.05, 0) is 35.0 Å². The quantitative estimate of drug-likeness (QED) is 0.885. The van der Waals surface area contributed by atoms with E-state index in [1.165, 1.54) is 6.07 Å². The lowest BCUT2D eigenvalue weighted by Crippen LogP contribution is -1.96. The zero-order chi connectivity index (χ0) is 12.4. The minimum atomic E-state index is -0.975. The van der Waals surface area contributed by atoms with E-state index in [0.717, 1.165) is 6.07 Å². The van der Waals surface area contributed by atoms with E-state index in [4.69, 9.17) is 4.52 Å². The maximum absolute atomic E-state index is 13.3.